The molecule has 0 radical (unpaired) electrons. The quantitative estimate of drug-likeness (QED) is 0.506. The molecule has 0 aliphatic heterocycles. The monoisotopic (exact) mass is 258 g/mol. The van der Waals surface area contributed by atoms with Crippen molar-refractivity contribution in [2.45, 2.75) is 46.6 Å². The van der Waals surface area contributed by atoms with E-state index >= 15 is 0 Å². The molecule has 0 fully saturated rings. The summed E-state index contributed by atoms with van der Waals surface area (Å²) in [6, 6.07) is 0.0815. The summed E-state index contributed by atoms with van der Waals surface area (Å²) in [4.78, 5) is 23.9. The average molecular weight is 258 g/mol. The van der Waals surface area contributed by atoms with Gasteiger partial charge in [-0.15, -0.1) is 0 Å². The standard InChI is InChI=1S/C13H26N2O3/c1-6-10(2)15-12(17)13(3,4)11(16)14-8-7-9-18-5/h10H,6-9H2,1-5H3,(H,14,16)(H,15,17). The number of amides is 2. The summed E-state index contributed by atoms with van der Waals surface area (Å²) >= 11 is 0. The third-order valence-corrected chi connectivity index (χ3v) is 2.94. The molecule has 1 unspecified atom stereocenters. The van der Waals surface area contributed by atoms with Crippen molar-refractivity contribution in [3.8, 4) is 0 Å². The SMILES string of the molecule is CCC(C)NC(=O)C(C)(C)C(=O)NCCCOC. The smallest absolute Gasteiger partial charge is 0.235 e. The number of carbonyl (C=O) groups excluding carboxylic acids is 2. The summed E-state index contributed by atoms with van der Waals surface area (Å²) in [6.45, 7) is 8.30. The van der Waals surface area contributed by atoms with Crippen LogP contribution in [0.25, 0.3) is 0 Å². The van der Waals surface area contributed by atoms with Crippen LogP contribution in [0.3, 0.4) is 0 Å². The van der Waals surface area contributed by atoms with E-state index in [2.05, 4.69) is 10.6 Å². The maximum atomic E-state index is 12.0. The Labute approximate surface area is 110 Å². The predicted molar refractivity (Wildman–Crippen MR) is 71.2 cm³/mol. The Morgan fingerprint density at radius 2 is 1.89 bits per heavy atom. The van der Waals surface area contributed by atoms with Crippen molar-refractivity contribution in [3.63, 3.8) is 0 Å². The lowest BCUT2D eigenvalue weighted by Gasteiger charge is -2.24. The minimum absolute atomic E-state index is 0.0815. The van der Waals surface area contributed by atoms with Gasteiger partial charge >= 0.3 is 0 Å². The van der Waals surface area contributed by atoms with E-state index in [1.807, 2.05) is 13.8 Å². The fraction of sp³-hybridized carbons (Fsp3) is 0.846. The Hall–Kier alpha value is -1.10. The number of methoxy groups -OCH3 is 1. The van der Waals surface area contributed by atoms with Crippen molar-refractivity contribution < 1.29 is 14.3 Å². The van der Waals surface area contributed by atoms with Crippen molar-refractivity contribution in [1.82, 2.24) is 10.6 Å². The van der Waals surface area contributed by atoms with Crippen molar-refractivity contribution in [3.05, 3.63) is 0 Å². The number of ether oxygens (including phenoxy) is 1. The van der Waals surface area contributed by atoms with Crippen molar-refractivity contribution in [2.75, 3.05) is 20.3 Å². The first-order valence-corrected chi connectivity index (χ1v) is 6.44. The summed E-state index contributed by atoms with van der Waals surface area (Å²) in [7, 11) is 1.62. The molecule has 0 saturated heterocycles. The van der Waals surface area contributed by atoms with E-state index in [-0.39, 0.29) is 17.9 Å². The van der Waals surface area contributed by atoms with Gasteiger partial charge in [0, 0.05) is 26.3 Å². The molecule has 2 N–H and O–H groups in total. The molecule has 0 saturated carbocycles. The van der Waals surface area contributed by atoms with Crippen molar-refractivity contribution in [2.24, 2.45) is 5.41 Å². The van der Waals surface area contributed by atoms with Crippen LogP contribution < -0.4 is 10.6 Å². The molecule has 0 aromatic heterocycles. The Balaban J connectivity index is 4.24. The molecule has 0 aromatic carbocycles. The predicted octanol–water partition coefficient (Wildman–Crippen LogP) is 1.08. The normalized spacial score (nSPS) is 12.9. The van der Waals surface area contributed by atoms with Gasteiger partial charge < -0.3 is 15.4 Å². The fourth-order valence-electron chi connectivity index (χ4n) is 1.25. The summed E-state index contributed by atoms with van der Waals surface area (Å²) in [5, 5.41) is 5.58. The number of carbonyl (C=O) groups is 2. The highest BCUT2D eigenvalue weighted by Gasteiger charge is 2.36. The van der Waals surface area contributed by atoms with E-state index in [0.717, 1.165) is 12.8 Å². The van der Waals surface area contributed by atoms with Crippen LogP contribution >= 0.6 is 0 Å². The minimum Gasteiger partial charge on any atom is -0.385 e. The van der Waals surface area contributed by atoms with Gasteiger partial charge in [-0.1, -0.05) is 6.92 Å². The number of nitrogens with one attached hydrogen (secondary N) is 2. The van der Waals surface area contributed by atoms with Crippen LogP contribution in [-0.2, 0) is 14.3 Å². The second kappa shape index (κ2) is 8.08. The third kappa shape index (κ3) is 5.49. The molecule has 0 spiro atoms. The summed E-state index contributed by atoms with van der Waals surface area (Å²) in [5.41, 5.74) is -1.05. The minimum atomic E-state index is -1.05. The first-order valence-electron chi connectivity index (χ1n) is 6.44. The zero-order valence-electron chi connectivity index (χ0n) is 12.1. The zero-order valence-corrected chi connectivity index (χ0v) is 12.1. The Morgan fingerprint density at radius 3 is 2.39 bits per heavy atom. The van der Waals surface area contributed by atoms with Gasteiger partial charge in [0.25, 0.3) is 0 Å². The van der Waals surface area contributed by atoms with Crippen LogP contribution in [-0.4, -0.2) is 38.1 Å². The molecular weight excluding hydrogens is 232 g/mol. The Morgan fingerprint density at radius 1 is 1.28 bits per heavy atom. The van der Waals surface area contributed by atoms with E-state index in [0.29, 0.717) is 13.2 Å². The van der Waals surface area contributed by atoms with E-state index in [4.69, 9.17) is 4.74 Å². The first kappa shape index (κ1) is 16.9. The zero-order chi connectivity index (χ0) is 14.2. The highest BCUT2D eigenvalue weighted by atomic mass is 16.5. The topological polar surface area (TPSA) is 67.4 Å². The molecule has 0 rings (SSSR count). The largest absolute Gasteiger partial charge is 0.385 e. The van der Waals surface area contributed by atoms with Gasteiger partial charge in [-0.05, 0) is 33.6 Å². The first-order chi connectivity index (χ1) is 8.36. The number of hydrogen-bond donors (Lipinski definition) is 2. The molecule has 1 atom stereocenters. The number of hydrogen-bond acceptors (Lipinski definition) is 3. The third-order valence-electron chi connectivity index (χ3n) is 2.94. The van der Waals surface area contributed by atoms with E-state index < -0.39 is 5.41 Å². The molecule has 106 valence electrons. The fourth-order valence-corrected chi connectivity index (χ4v) is 1.25. The van der Waals surface area contributed by atoms with Crippen LogP contribution in [0, 0.1) is 5.41 Å². The summed E-state index contributed by atoms with van der Waals surface area (Å²) in [5.74, 6) is -0.486. The van der Waals surface area contributed by atoms with Crippen LogP contribution in [0.1, 0.15) is 40.5 Å². The van der Waals surface area contributed by atoms with Crippen LogP contribution in [0.2, 0.25) is 0 Å². The van der Waals surface area contributed by atoms with Gasteiger partial charge in [-0.25, -0.2) is 0 Å². The lowest BCUT2D eigenvalue weighted by molar-refractivity contribution is -0.141. The molecule has 18 heavy (non-hydrogen) atoms. The van der Waals surface area contributed by atoms with Crippen molar-refractivity contribution >= 4 is 11.8 Å². The lowest BCUT2D eigenvalue weighted by atomic mass is 9.90. The Bertz CT molecular complexity index is 277. The highest BCUT2D eigenvalue weighted by molar-refractivity contribution is 6.04. The van der Waals surface area contributed by atoms with Gasteiger partial charge in [0.2, 0.25) is 11.8 Å². The van der Waals surface area contributed by atoms with E-state index in [1.165, 1.54) is 0 Å². The molecule has 0 heterocycles. The van der Waals surface area contributed by atoms with Gasteiger partial charge in [0.05, 0.1) is 0 Å². The lowest BCUT2D eigenvalue weighted by Crippen LogP contribution is -2.50. The van der Waals surface area contributed by atoms with Crippen molar-refractivity contribution in [1.29, 1.82) is 0 Å². The second-order valence-corrected chi connectivity index (χ2v) is 5.01. The second-order valence-electron chi connectivity index (χ2n) is 5.01. The molecule has 5 nitrogen and oxygen atoms in total. The molecule has 0 aliphatic carbocycles. The maximum Gasteiger partial charge on any atom is 0.235 e. The van der Waals surface area contributed by atoms with Crippen LogP contribution in [0.4, 0.5) is 0 Å². The van der Waals surface area contributed by atoms with Gasteiger partial charge in [-0.2, -0.15) is 0 Å². The molecule has 2 amide bonds. The highest BCUT2D eigenvalue weighted by Crippen LogP contribution is 2.15. The number of rotatable bonds is 8. The van der Waals surface area contributed by atoms with Gasteiger partial charge in [0.1, 0.15) is 5.41 Å². The molecule has 0 aromatic rings. The van der Waals surface area contributed by atoms with Gasteiger partial charge in [-0.3, -0.25) is 9.59 Å². The van der Waals surface area contributed by atoms with E-state index in [9.17, 15) is 9.59 Å². The van der Waals surface area contributed by atoms with Crippen LogP contribution in [0.5, 0.6) is 0 Å². The Kier molecular flexibility index (Phi) is 7.59. The van der Waals surface area contributed by atoms with Crippen LogP contribution in [0.15, 0.2) is 0 Å². The summed E-state index contributed by atoms with van der Waals surface area (Å²) in [6.07, 6.45) is 1.59. The summed E-state index contributed by atoms with van der Waals surface area (Å²) < 4.78 is 4.89. The average Bonchev–Trinajstić information content (AvgIpc) is 2.33. The van der Waals surface area contributed by atoms with E-state index in [1.54, 1.807) is 21.0 Å². The molecule has 5 heteroatoms. The maximum absolute atomic E-state index is 12.0. The molecular formula is C13H26N2O3. The van der Waals surface area contributed by atoms with Gasteiger partial charge in [0.15, 0.2) is 0 Å². The molecule has 0 aliphatic rings. The molecule has 0 bridgehead atoms.